The number of ether oxygens (including phenoxy) is 1. The molecule has 0 fully saturated rings. The van der Waals surface area contributed by atoms with Gasteiger partial charge in [0.1, 0.15) is 0 Å². The fourth-order valence-corrected chi connectivity index (χ4v) is 2.15. The van der Waals surface area contributed by atoms with Crippen molar-refractivity contribution in [1.29, 1.82) is 0 Å². The summed E-state index contributed by atoms with van der Waals surface area (Å²) in [5, 5.41) is 9.87. The van der Waals surface area contributed by atoms with Crippen molar-refractivity contribution in [1.82, 2.24) is 0 Å². The quantitative estimate of drug-likeness (QED) is 0.387. The van der Waals surface area contributed by atoms with Crippen molar-refractivity contribution in [2.24, 2.45) is 5.92 Å². The maximum atomic E-state index is 9.87. The first-order valence-electron chi connectivity index (χ1n) is 8.55. The largest absolute Gasteiger partial charge is 0.365 e. The van der Waals surface area contributed by atoms with Crippen molar-refractivity contribution >= 4 is 0 Å². The van der Waals surface area contributed by atoms with E-state index >= 15 is 0 Å². The Morgan fingerprint density at radius 2 is 1.55 bits per heavy atom. The first-order chi connectivity index (χ1) is 10.3. The summed E-state index contributed by atoms with van der Waals surface area (Å²) < 4.78 is 5.49. The van der Waals surface area contributed by atoms with Gasteiger partial charge in [0.25, 0.3) is 0 Å². The SMILES string of the molecule is CC(C)=CCC/C(C)=C/C(O)OCC[C@@H](C)CCC=C(C)C. The van der Waals surface area contributed by atoms with E-state index in [-0.39, 0.29) is 0 Å². The van der Waals surface area contributed by atoms with E-state index in [0.717, 1.165) is 25.7 Å². The van der Waals surface area contributed by atoms with Crippen molar-refractivity contribution in [3.05, 3.63) is 34.9 Å². The minimum Gasteiger partial charge on any atom is -0.365 e. The van der Waals surface area contributed by atoms with E-state index in [1.54, 1.807) is 0 Å². The number of hydrogen-bond acceptors (Lipinski definition) is 2. The van der Waals surface area contributed by atoms with Crippen LogP contribution in [0.1, 0.15) is 73.6 Å². The average Bonchev–Trinajstić information content (AvgIpc) is 2.37. The van der Waals surface area contributed by atoms with Crippen LogP contribution in [0.4, 0.5) is 0 Å². The van der Waals surface area contributed by atoms with Gasteiger partial charge in [-0.15, -0.1) is 0 Å². The Hall–Kier alpha value is -0.860. The second-order valence-corrected chi connectivity index (χ2v) is 6.85. The van der Waals surface area contributed by atoms with Crippen LogP contribution in [0.25, 0.3) is 0 Å². The second-order valence-electron chi connectivity index (χ2n) is 6.85. The molecule has 0 saturated carbocycles. The molecule has 0 amide bonds. The molecule has 0 rings (SSSR count). The van der Waals surface area contributed by atoms with Crippen molar-refractivity contribution < 1.29 is 9.84 Å². The number of aliphatic hydroxyl groups excluding tert-OH is 1. The lowest BCUT2D eigenvalue weighted by Gasteiger charge is -2.13. The summed E-state index contributed by atoms with van der Waals surface area (Å²) in [6.45, 7) is 13.4. The highest BCUT2D eigenvalue weighted by Gasteiger charge is 2.05. The highest BCUT2D eigenvalue weighted by molar-refractivity contribution is 5.03. The topological polar surface area (TPSA) is 29.5 Å². The molecular weight excluding hydrogens is 272 g/mol. The minimum atomic E-state index is -0.767. The fraction of sp³-hybridized carbons (Fsp3) is 0.700. The minimum absolute atomic E-state index is 0.620. The maximum Gasteiger partial charge on any atom is 0.174 e. The molecule has 0 radical (unpaired) electrons. The summed E-state index contributed by atoms with van der Waals surface area (Å²) in [5.41, 5.74) is 3.90. The predicted molar refractivity (Wildman–Crippen MR) is 96.8 cm³/mol. The van der Waals surface area contributed by atoms with Crippen LogP contribution in [-0.2, 0) is 4.74 Å². The van der Waals surface area contributed by atoms with E-state index < -0.39 is 6.29 Å². The van der Waals surface area contributed by atoms with Gasteiger partial charge >= 0.3 is 0 Å². The van der Waals surface area contributed by atoms with Gasteiger partial charge in [0.2, 0.25) is 0 Å². The lowest BCUT2D eigenvalue weighted by atomic mass is 10.0. The Kier molecular flexibility index (Phi) is 12.2. The monoisotopic (exact) mass is 308 g/mol. The molecule has 1 unspecified atom stereocenters. The molecule has 0 aromatic heterocycles. The second kappa shape index (κ2) is 12.7. The first-order valence-corrected chi connectivity index (χ1v) is 8.55. The van der Waals surface area contributed by atoms with Crippen molar-refractivity contribution in [3.63, 3.8) is 0 Å². The molecule has 22 heavy (non-hydrogen) atoms. The smallest absolute Gasteiger partial charge is 0.174 e. The van der Waals surface area contributed by atoms with E-state index in [4.69, 9.17) is 4.74 Å². The summed E-state index contributed by atoms with van der Waals surface area (Å²) in [6, 6.07) is 0. The summed E-state index contributed by atoms with van der Waals surface area (Å²) >= 11 is 0. The molecule has 0 heterocycles. The standard InChI is InChI=1S/C20H36O2/c1-16(2)9-7-11-18(5)13-14-22-20(21)15-19(6)12-8-10-17(3)4/h9-10,15,18,20-21H,7-8,11-14H2,1-6H3/b19-15+/t18-,20?/m0/s1. The molecule has 0 aliphatic heterocycles. The molecule has 0 aliphatic carbocycles. The van der Waals surface area contributed by atoms with Crippen molar-refractivity contribution in [2.45, 2.75) is 79.9 Å². The first kappa shape index (κ1) is 21.1. The molecule has 128 valence electrons. The van der Waals surface area contributed by atoms with Gasteiger partial charge in [-0.25, -0.2) is 0 Å². The molecule has 2 heteroatoms. The highest BCUT2D eigenvalue weighted by atomic mass is 16.6. The van der Waals surface area contributed by atoms with Gasteiger partial charge in [0.05, 0.1) is 6.61 Å². The molecule has 0 aromatic rings. The van der Waals surface area contributed by atoms with Gasteiger partial charge in [-0.05, 0) is 78.7 Å². The molecule has 0 spiro atoms. The third-order valence-electron chi connectivity index (χ3n) is 3.63. The molecular formula is C20H36O2. The van der Waals surface area contributed by atoms with Crippen LogP contribution in [0.15, 0.2) is 34.9 Å². The Morgan fingerprint density at radius 3 is 2.14 bits per heavy atom. The van der Waals surface area contributed by atoms with Gasteiger partial charge < -0.3 is 9.84 Å². The van der Waals surface area contributed by atoms with Gasteiger partial charge in [-0.1, -0.05) is 35.8 Å². The van der Waals surface area contributed by atoms with E-state index in [2.05, 4.69) is 46.8 Å². The molecule has 0 aromatic carbocycles. The van der Waals surface area contributed by atoms with Crippen LogP contribution < -0.4 is 0 Å². The summed E-state index contributed by atoms with van der Waals surface area (Å²) in [5.74, 6) is 0.630. The van der Waals surface area contributed by atoms with Crippen LogP contribution in [0.5, 0.6) is 0 Å². The van der Waals surface area contributed by atoms with Crippen molar-refractivity contribution in [3.8, 4) is 0 Å². The molecule has 2 nitrogen and oxygen atoms in total. The van der Waals surface area contributed by atoms with E-state index in [1.807, 2.05) is 13.0 Å². The zero-order valence-electron chi connectivity index (χ0n) is 15.5. The molecule has 2 atom stereocenters. The van der Waals surface area contributed by atoms with Gasteiger partial charge in [0, 0.05) is 0 Å². The summed E-state index contributed by atoms with van der Waals surface area (Å²) in [4.78, 5) is 0. The number of hydrogen-bond donors (Lipinski definition) is 1. The maximum absolute atomic E-state index is 9.87. The van der Waals surface area contributed by atoms with Gasteiger partial charge in [-0.3, -0.25) is 0 Å². The van der Waals surface area contributed by atoms with Crippen LogP contribution >= 0.6 is 0 Å². The molecule has 0 bridgehead atoms. The lowest BCUT2D eigenvalue weighted by molar-refractivity contribution is -0.0679. The van der Waals surface area contributed by atoms with E-state index in [0.29, 0.717) is 12.5 Å². The average molecular weight is 309 g/mol. The molecule has 0 saturated heterocycles. The Bertz CT molecular complexity index is 369. The molecule has 0 aliphatic rings. The normalized spacial score (nSPS) is 14.4. The third kappa shape index (κ3) is 14.1. The number of rotatable bonds is 11. The van der Waals surface area contributed by atoms with Gasteiger partial charge in [0.15, 0.2) is 6.29 Å². The zero-order chi connectivity index (χ0) is 17.0. The highest BCUT2D eigenvalue weighted by Crippen LogP contribution is 2.13. The lowest BCUT2D eigenvalue weighted by Crippen LogP contribution is -2.12. The molecule has 1 N–H and O–H groups in total. The van der Waals surface area contributed by atoms with Crippen molar-refractivity contribution in [2.75, 3.05) is 6.61 Å². The fourth-order valence-electron chi connectivity index (χ4n) is 2.15. The van der Waals surface area contributed by atoms with Crippen LogP contribution in [0.3, 0.4) is 0 Å². The van der Waals surface area contributed by atoms with Crippen LogP contribution in [0.2, 0.25) is 0 Å². The third-order valence-corrected chi connectivity index (χ3v) is 3.63. The van der Waals surface area contributed by atoms with Crippen LogP contribution in [0, 0.1) is 5.92 Å². The summed E-state index contributed by atoms with van der Waals surface area (Å²) in [6.07, 6.45) is 10.9. The Balaban J connectivity index is 3.85. The Labute approximate surface area is 138 Å². The number of aliphatic hydroxyl groups is 1. The van der Waals surface area contributed by atoms with E-state index in [1.165, 1.54) is 23.1 Å². The number of allylic oxidation sites excluding steroid dienone is 5. The summed E-state index contributed by atoms with van der Waals surface area (Å²) in [7, 11) is 0. The predicted octanol–water partition coefficient (Wildman–Crippen LogP) is 5.79. The Morgan fingerprint density at radius 1 is 0.955 bits per heavy atom. The zero-order valence-corrected chi connectivity index (χ0v) is 15.5. The van der Waals surface area contributed by atoms with Gasteiger partial charge in [-0.2, -0.15) is 0 Å². The van der Waals surface area contributed by atoms with E-state index in [9.17, 15) is 5.11 Å². The van der Waals surface area contributed by atoms with Crippen LogP contribution in [-0.4, -0.2) is 18.0 Å².